The first-order chi connectivity index (χ1) is 15.2. The maximum Gasteiger partial charge on any atom is 0.297 e. The van der Waals surface area contributed by atoms with E-state index in [0.29, 0.717) is 21.7 Å². The Morgan fingerprint density at radius 3 is 2.34 bits per heavy atom. The number of carbonyl (C=O) groups excluding carboxylic acids is 1. The molecule has 0 bridgehead atoms. The van der Waals surface area contributed by atoms with Crippen molar-refractivity contribution in [3.05, 3.63) is 91.8 Å². The van der Waals surface area contributed by atoms with Crippen LogP contribution in [0.4, 0.5) is 5.13 Å². The van der Waals surface area contributed by atoms with Crippen molar-refractivity contribution in [1.82, 2.24) is 4.98 Å². The summed E-state index contributed by atoms with van der Waals surface area (Å²) in [5.74, 6) is -0.233. The summed E-state index contributed by atoms with van der Waals surface area (Å²) in [4.78, 5) is 33.2. The number of rotatable bonds is 2. The fourth-order valence-corrected chi connectivity index (χ4v) is 4.91. The summed E-state index contributed by atoms with van der Waals surface area (Å²) in [6.07, 6.45) is 1.66. The number of benzene rings is 2. The van der Waals surface area contributed by atoms with Crippen LogP contribution in [0.2, 0.25) is 0 Å². The van der Waals surface area contributed by atoms with Crippen LogP contribution in [-0.2, 0) is 5.41 Å². The normalized spacial score (nSPS) is 16.1. The minimum Gasteiger partial charge on any atom is -0.450 e. The van der Waals surface area contributed by atoms with Crippen LogP contribution in [0.15, 0.2) is 57.2 Å². The number of carbonyl (C=O) groups is 1. The zero-order valence-corrected chi connectivity index (χ0v) is 19.5. The molecule has 0 saturated carbocycles. The molecule has 6 heteroatoms. The van der Waals surface area contributed by atoms with Gasteiger partial charge < -0.3 is 4.42 Å². The predicted octanol–water partition coefficient (Wildman–Crippen LogP) is 5.91. The van der Waals surface area contributed by atoms with Crippen LogP contribution >= 0.6 is 11.3 Å². The smallest absolute Gasteiger partial charge is 0.297 e. The Kier molecular flexibility index (Phi) is 4.60. The molecule has 0 saturated heterocycles. The van der Waals surface area contributed by atoms with Gasteiger partial charge in [-0.25, -0.2) is 4.98 Å². The monoisotopic (exact) mass is 444 g/mol. The van der Waals surface area contributed by atoms with Gasteiger partial charge in [-0.3, -0.25) is 14.5 Å². The quantitative estimate of drug-likeness (QED) is 0.385. The number of amides is 1. The Morgan fingerprint density at radius 1 is 1.03 bits per heavy atom. The van der Waals surface area contributed by atoms with E-state index in [-0.39, 0.29) is 22.5 Å². The maximum absolute atomic E-state index is 13.7. The third-order valence-corrected chi connectivity index (χ3v) is 6.98. The van der Waals surface area contributed by atoms with Gasteiger partial charge in [0.05, 0.1) is 17.0 Å². The number of hydrogen-bond donors (Lipinski definition) is 0. The third kappa shape index (κ3) is 3.09. The molecule has 3 heterocycles. The van der Waals surface area contributed by atoms with Crippen LogP contribution in [0.5, 0.6) is 0 Å². The highest BCUT2D eigenvalue weighted by molar-refractivity contribution is 7.13. The molecule has 0 fully saturated rings. The Hall–Kier alpha value is -3.25. The number of nitrogens with zero attached hydrogens (tertiary/aromatic N) is 2. The van der Waals surface area contributed by atoms with Crippen molar-refractivity contribution in [2.75, 3.05) is 4.90 Å². The SMILES string of the molecule is Cc1cc2oc3c(c(=O)c2cc1C)C(c1ccc(C(C)(C)C)cc1)N(c1nccs1)C3=O. The summed E-state index contributed by atoms with van der Waals surface area (Å²) < 4.78 is 6.08. The van der Waals surface area contributed by atoms with E-state index in [4.69, 9.17) is 4.42 Å². The molecule has 1 aliphatic rings. The number of anilines is 1. The van der Waals surface area contributed by atoms with Crippen LogP contribution in [-0.4, -0.2) is 10.9 Å². The summed E-state index contributed by atoms with van der Waals surface area (Å²) in [5, 5.41) is 2.86. The second-order valence-electron chi connectivity index (χ2n) is 9.37. The highest BCUT2D eigenvalue weighted by atomic mass is 32.1. The maximum atomic E-state index is 13.7. The van der Waals surface area contributed by atoms with Gasteiger partial charge in [0.1, 0.15) is 5.58 Å². The number of thiazole rings is 1. The van der Waals surface area contributed by atoms with Gasteiger partial charge >= 0.3 is 0 Å². The largest absolute Gasteiger partial charge is 0.450 e. The highest BCUT2D eigenvalue weighted by Gasteiger charge is 2.44. The summed E-state index contributed by atoms with van der Waals surface area (Å²) in [5.41, 5.74) is 4.72. The molecule has 2 aromatic heterocycles. The lowest BCUT2D eigenvalue weighted by molar-refractivity contribution is 0.0971. The molecule has 5 nitrogen and oxygen atoms in total. The van der Waals surface area contributed by atoms with E-state index in [2.05, 4.69) is 37.9 Å². The van der Waals surface area contributed by atoms with Gasteiger partial charge in [0.25, 0.3) is 5.91 Å². The van der Waals surface area contributed by atoms with Crippen molar-refractivity contribution < 1.29 is 9.21 Å². The topological polar surface area (TPSA) is 63.4 Å². The zero-order chi connectivity index (χ0) is 22.8. The van der Waals surface area contributed by atoms with E-state index < -0.39 is 6.04 Å². The Balaban J connectivity index is 1.78. The van der Waals surface area contributed by atoms with Gasteiger partial charge in [0, 0.05) is 11.6 Å². The van der Waals surface area contributed by atoms with E-state index in [0.717, 1.165) is 16.7 Å². The van der Waals surface area contributed by atoms with Crippen molar-refractivity contribution in [3.63, 3.8) is 0 Å². The second-order valence-corrected chi connectivity index (χ2v) is 10.2. The third-order valence-electron chi connectivity index (χ3n) is 6.20. The summed E-state index contributed by atoms with van der Waals surface area (Å²) in [7, 11) is 0. The van der Waals surface area contributed by atoms with Crippen molar-refractivity contribution >= 4 is 33.3 Å². The van der Waals surface area contributed by atoms with Gasteiger partial charge in [-0.1, -0.05) is 45.0 Å². The molecular formula is C26H24N2O3S. The average Bonchev–Trinajstić information content (AvgIpc) is 3.36. The van der Waals surface area contributed by atoms with Crippen LogP contribution in [0.25, 0.3) is 11.0 Å². The number of aromatic nitrogens is 1. The first-order valence-electron chi connectivity index (χ1n) is 10.6. The summed E-state index contributed by atoms with van der Waals surface area (Å²) in [6, 6.07) is 11.2. The van der Waals surface area contributed by atoms with E-state index in [9.17, 15) is 9.59 Å². The highest BCUT2D eigenvalue weighted by Crippen LogP contribution is 2.42. The molecule has 4 aromatic rings. The van der Waals surface area contributed by atoms with E-state index in [1.165, 1.54) is 16.9 Å². The molecule has 5 rings (SSSR count). The molecule has 0 spiro atoms. The Labute approximate surface area is 190 Å². The molecule has 1 amide bonds. The molecule has 1 aliphatic heterocycles. The van der Waals surface area contributed by atoms with E-state index in [1.807, 2.05) is 43.5 Å². The minimum atomic E-state index is -0.583. The Bertz CT molecular complexity index is 1410. The Morgan fingerprint density at radius 2 is 1.72 bits per heavy atom. The number of hydrogen-bond acceptors (Lipinski definition) is 5. The molecule has 1 unspecified atom stereocenters. The summed E-state index contributed by atoms with van der Waals surface area (Å²) in [6.45, 7) is 10.4. The molecule has 162 valence electrons. The number of aryl methyl sites for hydroxylation is 2. The molecule has 0 aliphatic carbocycles. The van der Waals surface area contributed by atoms with Crippen molar-refractivity contribution in [1.29, 1.82) is 0 Å². The summed E-state index contributed by atoms with van der Waals surface area (Å²) >= 11 is 1.37. The molecule has 1 atom stereocenters. The lowest BCUT2D eigenvalue weighted by Crippen LogP contribution is -2.29. The van der Waals surface area contributed by atoms with E-state index in [1.54, 1.807) is 11.1 Å². The zero-order valence-electron chi connectivity index (χ0n) is 18.7. The first kappa shape index (κ1) is 20.6. The van der Waals surface area contributed by atoms with Gasteiger partial charge in [-0.2, -0.15) is 0 Å². The number of fused-ring (bicyclic) bond motifs is 2. The van der Waals surface area contributed by atoms with Crippen molar-refractivity contribution in [3.8, 4) is 0 Å². The fourth-order valence-electron chi connectivity index (χ4n) is 4.24. The lowest BCUT2D eigenvalue weighted by Gasteiger charge is -2.24. The molecule has 0 radical (unpaired) electrons. The lowest BCUT2D eigenvalue weighted by atomic mass is 9.86. The predicted molar refractivity (Wildman–Crippen MR) is 128 cm³/mol. The first-order valence-corrected chi connectivity index (χ1v) is 11.5. The fraction of sp³-hybridized carbons (Fsp3) is 0.269. The van der Waals surface area contributed by atoms with Gasteiger partial charge in [-0.15, -0.1) is 11.3 Å². The second kappa shape index (κ2) is 7.14. The van der Waals surface area contributed by atoms with Crippen molar-refractivity contribution in [2.24, 2.45) is 0 Å². The van der Waals surface area contributed by atoms with Gasteiger partial charge in [0.15, 0.2) is 10.6 Å². The molecular weight excluding hydrogens is 420 g/mol. The standard InChI is InChI=1S/C26H24N2O3S/c1-14-12-18-19(13-15(14)2)31-23-20(22(18)29)21(28(24(23)30)25-27-10-11-32-25)16-6-8-17(9-7-16)26(3,4)5/h6-13,21H,1-5H3. The van der Waals surface area contributed by atoms with Gasteiger partial charge in [-0.05, 0) is 53.6 Å². The molecule has 0 N–H and O–H groups in total. The van der Waals surface area contributed by atoms with Crippen LogP contribution in [0.3, 0.4) is 0 Å². The average molecular weight is 445 g/mol. The van der Waals surface area contributed by atoms with Crippen LogP contribution < -0.4 is 10.3 Å². The minimum absolute atomic E-state index is 0.00153. The van der Waals surface area contributed by atoms with Crippen LogP contribution in [0.1, 0.15) is 65.2 Å². The van der Waals surface area contributed by atoms with Gasteiger partial charge in [0.2, 0.25) is 5.76 Å². The molecule has 32 heavy (non-hydrogen) atoms. The molecule has 2 aromatic carbocycles. The van der Waals surface area contributed by atoms with E-state index >= 15 is 0 Å². The van der Waals surface area contributed by atoms with Crippen LogP contribution in [0, 0.1) is 13.8 Å². The van der Waals surface area contributed by atoms with Crippen molar-refractivity contribution in [2.45, 2.75) is 46.1 Å².